The van der Waals surface area contributed by atoms with Crippen molar-refractivity contribution < 1.29 is 9.53 Å². The highest BCUT2D eigenvalue weighted by Gasteiger charge is 2.07. The first-order valence-corrected chi connectivity index (χ1v) is 9.43. The molecule has 1 unspecified atom stereocenters. The summed E-state index contributed by atoms with van der Waals surface area (Å²) in [6.07, 6.45) is 1.94. The second-order valence-corrected chi connectivity index (χ2v) is 6.72. The summed E-state index contributed by atoms with van der Waals surface area (Å²) in [5.41, 5.74) is 1.05. The average molecular weight is 404 g/mol. The molecule has 2 rings (SSSR count). The summed E-state index contributed by atoms with van der Waals surface area (Å²) in [5.74, 6) is 1.79. The predicted octanol–water partition coefficient (Wildman–Crippen LogP) is 3.00. The van der Waals surface area contributed by atoms with Crippen LogP contribution >= 0.6 is 11.6 Å². The number of halogens is 1. The third-order valence-corrected chi connectivity index (χ3v) is 4.01. The molecule has 1 amide bonds. The Balaban J connectivity index is 1.67. The number of ether oxygens (including phenoxy) is 1. The number of benzene rings is 1. The van der Waals surface area contributed by atoms with E-state index in [1.807, 2.05) is 32.0 Å². The molecule has 0 aliphatic heterocycles. The van der Waals surface area contributed by atoms with Gasteiger partial charge in [0, 0.05) is 31.2 Å². The number of nitrogens with zero attached hydrogens (tertiary/aromatic N) is 2. The van der Waals surface area contributed by atoms with Crippen LogP contribution in [0, 0.1) is 6.92 Å². The third-order valence-electron chi connectivity index (χ3n) is 3.75. The van der Waals surface area contributed by atoms with Gasteiger partial charge in [0.25, 0.3) is 0 Å². The van der Waals surface area contributed by atoms with Crippen LogP contribution < -0.4 is 20.7 Å². The summed E-state index contributed by atoms with van der Waals surface area (Å²) in [7, 11) is 1.68. The summed E-state index contributed by atoms with van der Waals surface area (Å²) >= 11 is 5.87. The van der Waals surface area contributed by atoms with E-state index in [0.29, 0.717) is 36.3 Å². The number of aryl methyl sites for hydroxylation is 1. The molecule has 7 nitrogen and oxygen atoms in total. The van der Waals surface area contributed by atoms with Gasteiger partial charge in [-0.1, -0.05) is 17.7 Å². The number of aromatic nitrogens is 1. The van der Waals surface area contributed by atoms with Crippen LogP contribution in [0.3, 0.4) is 0 Å². The number of hydrogen-bond acceptors (Lipinski definition) is 4. The van der Waals surface area contributed by atoms with Gasteiger partial charge in [-0.2, -0.15) is 0 Å². The van der Waals surface area contributed by atoms with E-state index in [2.05, 4.69) is 25.9 Å². The Morgan fingerprint density at radius 3 is 2.61 bits per heavy atom. The van der Waals surface area contributed by atoms with Gasteiger partial charge in [0.15, 0.2) is 5.96 Å². The molecule has 0 saturated carbocycles. The summed E-state index contributed by atoms with van der Waals surface area (Å²) < 4.78 is 5.81. The van der Waals surface area contributed by atoms with E-state index in [4.69, 9.17) is 16.3 Å². The van der Waals surface area contributed by atoms with E-state index >= 15 is 0 Å². The molecule has 3 N–H and O–H groups in total. The second-order valence-electron chi connectivity index (χ2n) is 6.28. The largest absolute Gasteiger partial charge is 0.489 e. The van der Waals surface area contributed by atoms with E-state index in [1.54, 1.807) is 31.4 Å². The zero-order valence-electron chi connectivity index (χ0n) is 16.3. The first-order chi connectivity index (χ1) is 13.5. The fourth-order valence-corrected chi connectivity index (χ4v) is 2.42. The summed E-state index contributed by atoms with van der Waals surface area (Å²) in [6, 6.07) is 10.9. The van der Waals surface area contributed by atoms with Crippen molar-refractivity contribution in [2.24, 2.45) is 4.99 Å². The first kappa shape index (κ1) is 21.5. The van der Waals surface area contributed by atoms with Gasteiger partial charge in [0.05, 0.1) is 6.54 Å². The van der Waals surface area contributed by atoms with Gasteiger partial charge in [-0.3, -0.25) is 9.79 Å². The van der Waals surface area contributed by atoms with Gasteiger partial charge in [-0.25, -0.2) is 4.98 Å². The SMILES string of the molecule is CN=C(NCCC(=O)Nc1ccc(C)cn1)NCC(C)Oc1ccc(Cl)cc1. The maximum atomic E-state index is 12.0. The number of aliphatic imine (C=N–C) groups is 1. The molecule has 8 heteroatoms. The number of rotatable bonds is 8. The molecular weight excluding hydrogens is 378 g/mol. The molecule has 2 aromatic rings. The molecule has 1 atom stereocenters. The second kappa shape index (κ2) is 11.1. The van der Waals surface area contributed by atoms with Gasteiger partial charge in [-0.05, 0) is 49.7 Å². The highest BCUT2D eigenvalue weighted by atomic mass is 35.5. The zero-order chi connectivity index (χ0) is 20.4. The van der Waals surface area contributed by atoms with Crippen molar-refractivity contribution in [3.63, 3.8) is 0 Å². The minimum atomic E-state index is -0.112. The van der Waals surface area contributed by atoms with Gasteiger partial charge in [0.2, 0.25) is 5.91 Å². The number of nitrogens with one attached hydrogen (secondary N) is 3. The number of carbonyl (C=O) groups is 1. The van der Waals surface area contributed by atoms with Crippen molar-refractivity contribution in [1.82, 2.24) is 15.6 Å². The van der Waals surface area contributed by atoms with Crippen LogP contribution in [-0.2, 0) is 4.79 Å². The van der Waals surface area contributed by atoms with E-state index in [0.717, 1.165) is 11.3 Å². The molecule has 0 spiro atoms. The Labute approximate surface area is 170 Å². The smallest absolute Gasteiger partial charge is 0.227 e. The summed E-state index contributed by atoms with van der Waals surface area (Å²) in [5, 5.41) is 9.71. The lowest BCUT2D eigenvalue weighted by Gasteiger charge is -2.17. The fraction of sp³-hybridized carbons (Fsp3) is 0.350. The van der Waals surface area contributed by atoms with E-state index in [9.17, 15) is 4.79 Å². The molecule has 1 aromatic heterocycles. The molecular formula is C20H26ClN5O2. The average Bonchev–Trinajstić information content (AvgIpc) is 2.68. The minimum absolute atomic E-state index is 0.0735. The maximum absolute atomic E-state index is 12.0. The molecule has 1 aromatic carbocycles. The van der Waals surface area contributed by atoms with E-state index in [-0.39, 0.29) is 12.0 Å². The maximum Gasteiger partial charge on any atom is 0.227 e. The first-order valence-electron chi connectivity index (χ1n) is 9.05. The summed E-state index contributed by atoms with van der Waals surface area (Å²) in [4.78, 5) is 20.3. The fourth-order valence-electron chi connectivity index (χ4n) is 2.29. The highest BCUT2D eigenvalue weighted by Crippen LogP contribution is 2.16. The molecule has 150 valence electrons. The Morgan fingerprint density at radius 1 is 1.21 bits per heavy atom. The van der Waals surface area contributed by atoms with Crippen LogP contribution in [0.25, 0.3) is 0 Å². The number of guanidine groups is 1. The lowest BCUT2D eigenvalue weighted by molar-refractivity contribution is -0.116. The Morgan fingerprint density at radius 2 is 1.96 bits per heavy atom. The number of carbonyl (C=O) groups excluding carboxylic acids is 1. The zero-order valence-corrected chi connectivity index (χ0v) is 17.1. The number of pyridine rings is 1. The molecule has 0 fully saturated rings. The molecule has 1 heterocycles. The molecule has 0 bridgehead atoms. The van der Waals surface area contributed by atoms with Crippen LogP contribution in [0.2, 0.25) is 5.02 Å². The topological polar surface area (TPSA) is 87.6 Å². The lowest BCUT2D eigenvalue weighted by Crippen LogP contribution is -2.42. The van der Waals surface area contributed by atoms with Gasteiger partial charge < -0.3 is 20.7 Å². The van der Waals surface area contributed by atoms with Crippen molar-refractivity contribution >= 4 is 29.3 Å². The van der Waals surface area contributed by atoms with Crippen molar-refractivity contribution in [2.75, 3.05) is 25.5 Å². The van der Waals surface area contributed by atoms with Crippen molar-refractivity contribution in [3.05, 3.63) is 53.2 Å². The Kier molecular flexibility index (Phi) is 8.55. The van der Waals surface area contributed by atoms with Crippen molar-refractivity contribution in [2.45, 2.75) is 26.4 Å². The van der Waals surface area contributed by atoms with Crippen LogP contribution in [0.15, 0.2) is 47.6 Å². The number of amides is 1. The third kappa shape index (κ3) is 7.84. The minimum Gasteiger partial charge on any atom is -0.489 e. The predicted molar refractivity (Wildman–Crippen MR) is 113 cm³/mol. The molecule has 0 aliphatic carbocycles. The Hall–Kier alpha value is -2.80. The quantitative estimate of drug-likeness (QED) is 0.466. The lowest BCUT2D eigenvalue weighted by atomic mass is 10.3. The van der Waals surface area contributed by atoms with Crippen molar-refractivity contribution in [1.29, 1.82) is 0 Å². The van der Waals surface area contributed by atoms with Gasteiger partial charge in [0.1, 0.15) is 17.7 Å². The highest BCUT2D eigenvalue weighted by molar-refractivity contribution is 6.30. The summed E-state index contributed by atoms with van der Waals surface area (Å²) in [6.45, 7) is 4.91. The number of anilines is 1. The molecule has 0 saturated heterocycles. The van der Waals surface area contributed by atoms with E-state index < -0.39 is 0 Å². The number of hydrogen-bond donors (Lipinski definition) is 3. The van der Waals surface area contributed by atoms with Crippen LogP contribution in [0.5, 0.6) is 5.75 Å². The Bertz CT molecular complexity index is 778. The van der Waals surface area contributed by atoms with Crippen LogP contribution in [0.4, 0.5) is 5.82 Å². The normalized spacial score (nSPS) is 12.2. The van der Waals surface area contributed by atoms with Crippen molar-refractivity contribution in [3.8, 4) is 5.75 Å². The van der Waals surface area contributed by atoms with Crippen LogP contribution in [0.1, 0.15) is 18.9 Å². The monoisotopic (exact) mass is 403 g/mol. The van der Waals surface area contributed by atoms with E-state index in [1.165, 1.54) is 0 Å². The van der Waals surface area contributed by atoms with Crippen LogP contribution in [-0.4, -0.2) is 43.1 Å². The van der Waals surface area contributed by atoms with Gasteiger partial charge >= 0.3 is 0 Å². The molecule has 0 aliphatic rings. The van der Waals surface area contributed by atoms with Gasteiger partial charge in [-0.15, -0.1) is 0 Å². The molecule has 0 radical (unpaired) electrons. The standard InChI is InChI=1S/C20H26ClN5O2/c1-14-4-9-18(24-12-14)26-19(27)10-11-23-20(22-3)25-13-15(2)28-17-7-5-16(21)6-8-17/h4-9,12,15H,10-11,13H2,1-3H3,(H2,22,23,25)(H,24,26,27). The molecule has 28 heavy (non-hydrogen) atoms.